The molecular weight excluding hydrogens is 281 g/mol. The average molecular weight is 301 g/mol. The predicted molar refractivity (Wildman–Crippen MR) is 74.8 cm³/mol. The van der Waals surface area contributed by atoms with Crippen LogP contribution in [0.2, 0.25) is 0 Å². The second-order valence-electron chi connectivity index (χ2n) is 5.11. The number of hydrogen-bond acceptors (Lipinski definition) is 3. The fraction of sp³-hybridized carbons (Fsp3) is 0.571. The van der Waals surface area contributed by atoms with E-state index in [1.54, 1.807) is 0 Å². The van der Waals surface area contributed by atoms with E-state index in [2.05, 4.69) is 4.72 Å². The van der Waals surface area contributed by atoms with Crippen molar-refractivity contribution in [1.82, 2.24) is 4.72 Å². The highest BCUT2D eigenvalue weighted by atomic mass is 32.2. The summed E-state index contributed by atoms with van der Waals surface area (Å²) in [6, 6.07) is 3.64. The predicted octanol–water partition coefficient (Wildman–Crippen LogP) is 2.84. The second kappa shape index (κ2) is 6.54. The molecule has 0 heterocycles. The molecule has 0 bridgehead atoms. The molecule has 1 aromatic rings. The Kier molecular flexibility index (Phi) is 4.99. The highest BCUT2D eigenvalue weighted by Gasteiger charge is 2.22. The standard InChI is InChI=1S/C14H20FNO3S/c1-19-14-9-8-12(10-13(14)15)20(17,18)16-11-6-4-2-3-5-7-11/h8-11,16H,2-7H2,1H3. The van der Waals surface area contributed by atoms with Gasteiger partial charge < -0.3 is 4.74 Å². The zero-order chi connectivity index (χ0) is 14.6. The monoisotopic (exact) mass is 301 g/mol. The van der Waals surface area contributed by atoms with Crippen LogP contribution in [-0.2, 0) is 10.0 Å². The largest absolute Gasteiger partial charge is 0.494 e. The maximum absolute atomic E-state index is 13.6. The first kappa shape index (κ1) is 15.3. The molecule has 1 aromatic carbocycles. The molecule has 1 aliphatic rings. The maximum Gasteiger partial charge on any atom is 0.240 e. The van der Waals surface area contributed by atoms with Crippen molar-refractivity contribution in [3.63, 3.8) is 0 Å². The van der Waals surface area contributed by atoms with Crippen LogP contribution in [0.25, 0.3) is 0 Å². The third-order valence-corrected chi connectivity index (χ3v) is 5.13. The van der Waals surface area contributed by atoms with Gasteiger partial charge in [0, 0.05) is 6.04 Å². The van der Waals surface area contributed by atoms with Crippen LogP contribution in [0.15, 0.2) is 23.1 Å². The minimum absolute atomic E-state index is 0.0402. The Morgan fingerprint density at radius 1 is 1.20 bits per heavy atom. The summed E-state index contributed by atoms with van der Waals surface area (Å²) in [6.45, 7) is 0. The van der Waals surface area contributed by atoms with Crippen LogP contribution in [0.1, 0.15) is 38.5 Å². The SMILES string of the molecule is COc1ccc(S(=O)(=O)NC2CCCCCC2)cc1F. The van der Waals surface area contributed by atoms with Crippen molar-refractivity contribution in [3.05, 3.63) is 24.0 Å². The molecule has 0 spiro atoms. The average Bonchev–Trinajstić information content (AvgIpc) is 2.66. The van der Waals surface area contributed by atoms with Gasteiger partial charge in [-0.3, -0.25) is 0 Å². The molecule has 4 nitrogen and oxygen atoms in total. The van der Waals surface area contributed by atoms with Gasteiger partial charge in [0.1, 0.15) is 0 Å². The van der Waals surface area contributed by atoms with Crippen molar-refractivity contribution in [1.29, 1.82) is 0 Å². The molecule has 2 rings (SSSR count). The van der Waals surface area contributed by atoms with Gasteiger partial charge in [0.15, 0.2) is 11.6 Å². The molecule has 0 aliphatic heterocycles. The molecule has 1 aliphatic carbocycles. The van der Waals surface area contributed by atoms with Crippen molar-refractivity contribution in [2.45, 2.75) is 49.5 Å². The van der Waals surface area contributed by atoms with Crippen LogP contribution >= 0.6 is 0 Å². The summed E-state index contributed by atoms with van der Waals surface area (Å²) in [6.07, 6.45) is 6.05. The molecule has 1 saturated carbocycles. The lowest BCUT2D eigenvalue weighted by Crippen LogP contribution is -2.34. The van der Waals surface area contributed by atoms with Crippen LogP contribution in [0.5, 0.6) is 5.75 Å². The molecule has 0 atom stereocenters. The second-order valence-corrected chi connectivity index (χ2v) is 6.82. The first-order chi connectivity index (χ1) is 9.53. The van der Waals surface area contributed by atoms with Gasteiger partial charge >= 0.3 is 0 Å². The Hall–Kier alpha value is -1.14. The normalized spacial score (nSPS) is 17.7. The minimum Gasteiger partial charge on any atom is -0.494 e. The van der Waals surface area contributed by atoms with Crippen LogP contribution in [0.4, 0.5) is 4.39 Å². The van der Waals surface area contributed by atoms with E-state index in [1.165, 1.54) is 19.2 Å². The van der Waals surface area contributed by atoms with Gasteiger partial charge in [0.05, 0.1) is 12.0 Å². The number of hydrogen-bond donors (Lipinski definition) is 1. The Bertz CT molecular complexity index is 552. The lowest BCUT2D eigenvalue weighted by Gasteiger charge is -2.16. The van der Waals surface area contributed by atoms with Gasteiger partial charge in [-0.2, -0.15) is 0 Å². The van der Waals surface area contributed by atoms with Crippen LogP contribution in [0.3, 0.4) is 0 Å². The number of rotatable bonds is 4. The molecule has 1 fully saturated rings. The molecule has 20 heavy (non-hydrogen) atoms. The van der Waals surface area contributed by atoms with E-state index in [1.807, 2.05) is 0 Å². The van der Waals surface area contributed by atoms with Crippen molar-refractivity contribution in [2.75, 3.05) is 7.11 Å². The fourth-order valence-corrected chi connectivity index (χ4v) is 3.82. The first-order valence-corrected chi connectivity index (χ1v) is 8.37. The van der Waals surface area contributed by atoms with E-state index in [0.717, 1.165) is 44.6 Å². The first-order valence-electron chi connectivity index (χ1n) is 6.89. The van der Waals surface area contributed by atoms with Crippen molar-refractivity contribution < 1.29 is 17.5 Å². The fourth-order valence-electron chi connectivity index (χ4n) is 2.50. The molecule has 0 radical (unpaired) electrons. The van der Waals surface area contributed by atoms with Crippen LogP contribution in [0, 0.1) is 5.82 Å². The Labute approximate surface area is 119 Å². The number of sulfonamides is 1. The van der Waals surface area contributed by atoms with Gasteiger partial charge in [0.2, 0.25) is 10.0 Å². The van der Waals surface area contributed by atoms with E-state index in [0.29, 0.717) is 0 Å². The third-order valence-electron chi connectivity index (χ3n) is 3.61. The van der Waals surface area contributed by atoms with E-state index >= 15 is 0 Å². The van der Waals surface area contributed by atoms with E-state index in [9.17, 15) is 12.8 Å². The molecule has 0 aromatic heterocycles. The number of nitrogens with one attached hydrogen (secondary N) is 1. The summed E-state index contributed by atoms with van der Waals surface area (Å²) < 4.78 is 45.6. The van der Waals surface area contributed by atoms with Crippen LogP contribution < -0.4 is 9.46 Å². The third kappa shape index (κ3) is 3.70. The lowest BCUT2D eigenvalue weighted by atomic mass is 10.1. The van der Waals surface area contributed by atoms with E-state index in [-0.39, 0.29) is 16.7 Å². The molecule has 112 valence electrons. The quantitative estimate of drug-likeness (QED) is 0.870. The Morgan fingerprint density at radius 2 is 1.85 bits per heavy atom. The Balaban J connectivity index is 2.15. The van der Waals surface area contributed by atoms with Crippen molar-refractivity contribution in [3.8, 4) is 5.75 Å². The van der Waals surface area contributed by atoms with Gasteiger partial charge in [-0.15, -0.1) is 0 Å². The summed E-state index contributed by atoms with van der Waals surface area (Å²) in [5.74, 6) is -0.630. The molecule has 0 unspecified atom stereocenters. The smallest absolute Gasteiger partial charge is 0.240 e. The maximum atomic E-state index is 13.6. The number of benzene rings is 1. The molecular formula is C14H20FNO3S. The van der Waals surface area contributed by atoms with Crippen molar-refractivity contribution in [2.24, 2.45) is 0 Å². The zero-order valence-corrected chi connectivity index (χ0v) is 12.4. The summed E-state index contributed by atoms with van der Waals surface area (Å²) in [7, 11) is -2.33. The van der Waals surface area contributed by atoms with Crippen LogP contribution in [-0.4, -0.2) is 21.6 Å². The van der Waals surface area contributed by atoms with E-state index in [4.69, 9.17) is 4.74 Å². The Morgan fingerprint density at radius 3 is 2.40 bits per heavy atom. The van der Waals surface area contributed by atoms with Crippen molar-refractivity contribution >= 4 is 10.0 Å². The van der Waals surface area contributed by atoms with Gasteiger partial charge in [-0.05, 0) is 31.0 Å². The summed E-state index contributed by atoms with van der Waals surface area (Å²) in [4.78, 5) is -0.0555. The number of halogens is 1. The molecule has 0 saturated heterocycles. The molecule has 0 amide bonds. The highest BCUT2D eigenvalue weighted by molar-refractivity contribution is 7.89. The lowest BCUT2D eigenvalue weighted by molar-refractivity contribution is 0.385. The summed E-state index contributed by atoms with van der Waals surface area (Å²) >= 11 is 0. The molecule has 6 heteroatoms. The van der Waals surface area contributed by atoms with Gasteiger partial charge in [-0.25, -0.2) is 17.5 Å². The number of methoxy groups -OCH3 is 1. The summed E-state index contributed by atoms with van der Waals surface area (Å²) in [5.41, 5.74) is 0. The van der Waals surface area contributed by atoms with Gasteiger partial charge in [-0.1, -0.05) is 25.7 Å². The minimum atomic E-state index is -3.67. The summed E-state index contributed by atoms with van der Waals surface area (Å²) in [5, 5.41) is 0. The highest BCUT2D eigenvalue weighted by Crippen LogP contribution is 2.23. The number of ether oxygens (including phenoxy) is 1. The van der Waals surface area contributed by atoms with E-state index < -0.39 is 15.8 Å². The topological polar surface area (TPSA) is 55.4 Å². The molecule has 1 N–H and O–H groups in total. The van der Waals surface area contributed by atoms with Gasteiger partial charge in [0.25, 0.3) is 0 Å². The zero-order valence-electron chi connectivity index (χ0n) is 11.6.